The first-order valence-corrected chi connectivity index (χ1v) is 9.58. The van der Waals surface area contributed by atoms with Crippen molar-refractivity contribution in [1.82, 2.24) is 4.90 Å². The van der Waals surface area contributed by atoms with Crippen LogP contribution in [0, 0.1) is 6.92 Å². The standard InChI is InChI=1S/C20H23Cl2N3O/c1-3-24-8-10-25(11-9-24)19-7-5-15(13-18(19)22)23-20(26)16-6-4-14(2)12-17(16)21/h4-7,12-13H,3,8-11H2,1-2H3,(H,23,26). The predicted molar refractivity (Wildman–Crippen MR) is 110 cm³/mol. The Labute approximate surface area is 164 Å². The molecule has 1 fully saturated rings. The number of nitrogens with zero attached hydrogens (tertiary/aromatic N) is 2. The molecule has 26 heavy (non-hydrogen) atoms. The summed E-state index contributed by atoms with van der Waals surface area (Å²) in [6, 6.07) is 11.0. The van der Waals surface area contributed by atoms with Crippen molar-refractivity contribution in [2.24, 2.45) is 0 Å². The number of hydrogen-bond acceptors (Lipinski definition) is 3. The van der Waals surface area contributed by atoms with Gasteiger partial charge in [0.15, 0.2) is 0 Å². The summed E-state index contributed by atoms with van der Waals surface area (Å²) >= 11 is 12.7. The van der Waals surface area contributed by atoms with Crippen LogP contribution in [-0.2, 0) is 0 Å². The summed E-state index contributed by atoms with van der Waals surface area (Å²) in [5, 5.41) is 3.96. The molecule has 0 aliphatic carbocycles. The molecule has 0 bridgehead atoms. The molecule has 3 rings (SSSR count). The molecule has 2 aromatic rings. The summed E-state index contributed by atoms with van der Waals surface area (Å²) in [6.45, 7) is 9.19. The SMILES string of the molecule is CCN1CCN(c2ccc(NC(=O)c3ccc(C)cc3Cl)cc2Cl)CC1. The molecule has 0 saturated carbocycles. The summed E-state index contributed by atoms with van der Waals surface area (Å²) in [5.41, 5.74) is 3.14. The molecule has 1 aliphatic heterocycles. The Morgan fingerprint density at radius 1 is 1.04 bits per heavy atom. The van der Waals surface area contributed by atoms with Gasteiger partial charge in [0.2, 0.25) is 0 Å². The molecule has 1 amide bonds. The van der Waals surface area contributed by atoms with Gasteiger partial charge in [0, 0.05) is 31.9 Å². The van der Waals surface area contributed by atoms with E-state index in [4.69, 9.17) is 23.2 Å². The Kier molecular flexibility index (Phi) is 6.07. The topological polar surface area (TPSA) is 35.6 Å². The summed E-state index contributed by atoms with van der Waals surface area (Å²) in [6.07, 6.45) is 0. The van der Waals surface area contributed by atoms with Gasteiger partial charge < -0.3 is 15.1 Å². The van der Waals surface area contributed by atoms with E-state index in [-0.39, 0.29) is 5.91 Å². The maximum absolute atomic E-state index is 12.5. The van der Waals surface area contributed by atoms with Gasteiger partial charge in [0.25, 0.3) is 5.91 Å². The maximum atomic E-state index is 12.5. The van der Waals surface area contributed by atoms with Gasteiger partial charge in [-0.05, 0) is 49.4 Å². The van der Waals surface area contributed by atoms with Crippen molar-refractivity contribution in [3.05, 3.63) is 57.6 Å². The lowest BCUT2D eigenvalue weighted by atomic mass is 10.1. The first-order chi connectivity index (χ1) is 12.5. The summed E-state index contributed by atoms with van der Waals surface area (Å²) in [5.74, 6) is -0.240. The van der Waals surface area contributed by atoms with E-state index in [2.05, 4.69) is 22.0 Å². The molecule has 4 nitrogen and oxygen atoms in total. The van der Waals surface area contributed by atoms with E-state index in [0.717, 1.165) is 44.0 Å². The normalized spacial score (nSPS) is 15.2. The zero-order valence-corrected chi connectivity index (χ0v) is 16.6. The third-order valence-electron chi connectivity index (χ3n) is 4.73. The lowest BCUT2D eigenvalue weighted by Gasteiger charge is -2.36. The number of piperazine rings is 1. The van der Waals surface area contributed by atoms with E-state index in [1.807, 2.05) is 25.1 Å². The van der Waals surface area contributed by atoms with Crippen molar-refractivity contribution in [2.75, 3.05) is 42.9 Å². The summed E-state index contributed by atoms with van der Waals surface area (Å²) in [4.78, 5) is 17.2. The number of halogens is 2. The van der Waals surface area contributed by atoms with Crippen LogP contribution in [0.5, 0.6) is 0 Å². The Bertz CT molecular complexity index is 802. The average molecular weight is 392 g/mol. The van der Waals surface area contributed by atoms with Crippen LogP contribution in [0.1, 0.15) is 22.8 Å². The smallest absolute Gasteiger partial charge is 0.257 e. The van der Waals surface area contributed by atoms with Crippen molar-refractivity contribution in [2.45, 2.75) is 13.8 Å². The van der Waals surface area contributed by atoms with E-state index >= 15 is 0 Å². The van der Waals surface area contributed by atoms with Crippen LogP contribution in [0.4, 0.5) is 11.4 Å². The van der Waals surface area contributed by atoms with Gasteiger partial charge in [-0.15, -0.1) is 0 Å². The van der Waals surface area contributed by atoms with E-state index in [1.54, 1.807) is 18.2 Å². The quantitative estimate of drug-likeness (QED) is 0.820. The first-order valence-electron chi connectivity index (χ1n) is 8.82. The molecular weight excluding hydrogens is 369 g/mol. The molecule has 0 spiro atoms. The summed E-state index contributed by atoms with van der Waals surface area (Å²) < 4.78 is 0. The van der Waals surface area contributed by atoms with Gasteiger partial charge in [-0.25, -0.2) is 0 Å². The predicted octanol–water partition coefficient (Wildman–Crippen LogP) is 4.70. The first kappa shape index (κ1) is 19.0. The monoisotopic (exact) mass is 391 g/mol. The minimum absolute atomic E-state index is 0.240. The van der Waals surface area contributed by atoms with Crippen molar-refractivity contribution in [1.29, 1.82) is 0 Å². The van der Waals surface area contributed by atoms with E-state index in [1.165, 1.54) is 0 Å². The Balaban J connectivity index is 1.70. The van der Waals surface area contributed by atoms with Crippen LogP contribution in [0.25, 0.3) is 0 Å². The van der Waals surface area contributed by atoms with Gasteiger partial charge in [0.05, 0.1) is 21.3 Å². The highest BCUT2D eigenvalue weighted by atomic mass is 35.5. The number of carbonyl (C=O) groups is 1. The molecule has 1 N–H and O–H groups in total. The van der Waals surface area contributed by atoms with E-state index < -0.39 is 0 Å². The Morgan fingerprint density at radius 3 is 2.38 bits per heavy atom. The molecule has 0 radical (unpaired) electrons. The van der Waals surface area contributed by atoms with Crippen LogP contribution < -0.4 is 10.2 Å². The fraction of sp³-hybridized carbons (Fsp3) is 0.350. The second kappa shape index (κ2) is 8.30. The van der Waals surface area contributed by atoms with Crippen LogP contribution in [-0.4, -0.2) is 43.5 Å². The Morgan fingerprint density at radius 2 is 1.77 bits per heavy atom. The molecule has 1 heterocycles. The van der Waals surface area contributed by atoms with Crippen LogP contribution >= 0.6 is 23.2 Å². The molecule has 0 atom stereocenters. The second-order valence-corrected chi connectivity index (χ2v) is 7.34. The van der Waals surface area contributed by atoms with Gasteiger partial charge in [0.1, 0.15) is 0 Å². The third kappa shape index (κ3) is 4.32. The summed E-state index contributed by atoms with van der Waals surface area (Å²) in [7, 11) is 0. The molecule has 6 heteroatoms. The number of amides is 1. The third-order valence-corrected chi connectivity index (χ3v) is 5.35. The number of anilines is 2. The highest BCUT2D eigenvalue weighted by Gasteiger charge is 2.18. The molecule has 0 unspecified atom stereocenters. The minimum Gasteiger partial charge on any atom is -0.368 e. The molecule has 138 valence electrons. The van der Waals surface area contributed by atoms with Crippen LogP contribution in [0.15, 0.2) is 36.4 Å². The number of carbonyl (C=O) groups excluding carboxylic acids is 1. The highest BCUT2D eigenvalue weighted by molar-refractivity contribution is 6.35. The molecule has 1 aliphatic rings. The maximum Gasteiger partial charge on any atom is 0.257 e. The Hall–Kier alpha value is -1.75. The molecular formula is C20H23Cl2N3O. The van der Waals surface area contributed by atoms with Crippen molar-refractivity contribution in [3.8, 4) is 0 Å². The van der Waals surface area contributed by atoms with Crippen molar-refractivity contribution in [3.63, 3.8) is 0 Å². The van der Waals surface area contributed by atoms with E-state index in [0.29, 0.717) is 21.3 Å². The number of benzene rings is 2. The van der Waals surface area contributed by atoms with E-state index in [9.17, 15) is 4.79 Å². The zero-order chi connectivity index (χ0) is 18.7. The van der Waals surface area contributed by atoms with Gasteiger partial charge in [-0.2, -0.15) is 0 Å². The second-order valence-electron chi connectivity index (χ2n) is 6.52. The van der Waals surface area contributed by atoms with Gasteiger partial charge >= 0.3 is 0 Å². The molecule has 1 saturated heterocycles. The largest absolute Gasteiger partial charge is 0.368 e. The van der Waals surface area contributed by atoms with Gasteiger partial charge in [-0.1, -0.05) is 36.2 Å². The van der Waals surface area contributed by atoms with Crippen molar-refractivity contribution < 1.29 is 4.79 Å². The van der Waals surface area contributed by atoms with Crippen LogP contribution in [0.3, 0.4) is 0 Å². The zero-order valence-electron chi connectivity index (χ0n) is 15.1. The number of nitrogens with one attached hydrogen (secondary N) is 1. The fourth-order valence-corrected chi connectivity index (χ4v) is 3.77. The number of aryl methyl sites for hydroxylation is 1. The molecule has 0 aromatic heterocycles. The number of likely N-dealkylation sites (N-methyl/N-ethyl adjacent to an activating group) is 1. The minimum atomic E-state index is -0.240. The van der Waals surface area contributed by atoms with Crippen molar-refractivity contribution >= 4 is 40.5 Å². The molecule has 2 aromatic carbocycles. The highest BCUT2D eigenvalue weighted by Crippen LogP contribution is 2.30. The number of hydrogen-bond donors (Lipinski definition) is 1. The number of rotatable bonds is 4. The fourth-order valence-electron chi connectivity index (χ4n) is 3.15. The average Bonchev–Trinajstić information content (AvgIpc) is 2.62. The van der Waals surface area contributed by atoms with Crippen LogP contribution in [0.2, 0.25) is 10.0 Å². The lowest BCUT2D eigenvalue weighted by Crippen LogP contribution is -2.46. The van der Waals surface area contributed by atoms with Gasteiger partial charge in [-0.3, -0.25) is 4.79 Å². The lowest BCUT2D eigenvalue weighted by molar-refractivity contribution is 0.102.